The lowest BCUT2D eigenvalue weighted by atomic mass is 10.2. The molecule has 0 aliphatic rings. The topological polar surface area (TPSA) is 96.0 Å². The molecule has 1 rings (SSSR count). The van der Waals surface area contributed by atoms with Gasteiger partial charge in [-0.05, 0) is 31.0 Å². The molecule has 0 heterocycles. The van der Waals surface area contributed by atoms with Crippen LogP contribution in [0.2, 0.25) is 0 Å². The van der Waals surface area contributed by atoms with Crippen LogP contribution in [0, 0.1) is 11.3 Å². The minimum absolute atomic E-state index is 0.0221. The number of hydrogen-bond acceptors (Lipinski definition) is 4. The molecular formula is C12H17N3O2S. The largest absolute Gasteiger partial charge is 0.399 e. The molecule has 0 saturated heterocycles. The van der Waals surface area contributed by atoms with Crippen LogP contribution in [0.3, 0.4) is 0 Å². The van der Waals surface area contributed by atoms with Crippen molar-refractivity contribution in [2.24, 2.45) is 0 Å². The molecule has 0 fully saturated rings. The van der Waals surface area contributed by atoms with Gasteiger partial charge in [0.1, 0.15) is 6.07 Å². The summed E-state index contributed by atoms with van der Waals surface area (Å²) in [6, 6.07) is 5.92. The molecule has 5 nitrogen and oxygen atoms in total. The van der Waals surface area contributed by atoms with Gasteiger partial charge >= 0.3 is 0 Å². The summed E-state index contributed by atoms with van der Waals surface area (Å²) in [6.45, 7) is 3.82. The second kappa shape index (κ2) is 5.85. The number of nitrogens with zero attached hydrogens (tertiary/aromatic N) is 1. The van der Waals surface area contributed by atoms with E-state index in [9.17, 15) is 8.42 Å². The predicted molar refractivity (Wildman–Crippen MR) is 70.3 cm³/mol. The molecule has 0 aliphatic carbocycles. The van der Waals surface area contributed by atoms with Gasteiger partial charge in [-0.2, -0.15) is 5.26 Å². The molecule has 18 heavy (non-hydrogen) atoms. The van der Waals surface area contributed by atoms with Gasteiger partial charge in [-0.3, -0.25) is 0 Å². The van der Waals surface area contributed by atoms with Crippen molar-refractivity contribution < 1.29 is 8.42 Å². The van der Waals surface area contributed by atoms with Crippen LogP contribution in [0.1, 0.15) is 32.3 Å². The number of nitrogen functional groups attached to an aromatic ring is 1. The third-order valence-electron chi connectivity index (χ3n) is 2.72. The Morgan fingerprint density at radius 2 is 2.00 bits per heavy atom. The summed E-state index contributed by atoms with van der Waals surface area (Å²) in [5.41, 5.74) is 5.97. The van der Waals surface area contributed by atoms with E-state index in [0.29, 0.717) is 18.5 Å². The van der Waals surface area contributed by atoms with Gasteiger partial charge in [-0.25, -0.2) is 13.1 Å². The van der Waals surface area contributed by atoms with E-state index in [-0.39, 0.29) is 16.5 Å². The molecule has 0 atom stereocenters. The summed E-state index contributed by atoms with van der Waals surface area (Å²) in [6.07, 6.45) is 1.40. The van der Waals surface area contributed by atoms with Crippen molar-refractivity contribution in [1.29, 1.82) is 5.26 Å². The Bertz CT molecular complexity index is 557. The molecule has 0 spiro atoms. The zero-order valence-electron chi connectivity index (χ0n) is 10.5. The molecule has 6 heteroatoms. The van der Waals surface area contributed by atoms with E-state index in [1.165, 1.54) is 18.2 Å². The van der Waals surface area contributed by atoms with Crippen molar-refractivity contribution in [3.05, 3.63) is 23.8 Å². The maximum absolute atomic E-state index is 12.1. The quantitative estimate of drug-likeness (QED) is 0.792. The van der Waals surface area contributed by atoms with Gasteiger partial charge < -0.3 is 5.73 Å². The first-order valence-corrected chi connectivity index (χ1v) is 7.24. The van der Waals surface area contributed by atoms with Crippen molar-refractivity contribution in [2.45, 2.75) is 37.6 Å². The predicted octanol–water partition coefficient (Wildman–Crippen LogP) is 1.61. The molecule has 0 aromatic heterocycles. The zero-order valence-corrected chi connectivity index (χ0v) is 11.3. The summed E-state index contributed by atoms with van der Waals surface area (Å²) in [5.74, 6) is 0. The number of hydrogen-bond donors (Lipinski definition) is 2. The second-order valence-electron chi connectivity index (χ2n) is 4.00. The van der Waals surface area contributed by atoms with Crippen LogP contribution in [0.25, 0.3) is 0 Å². The highest BCUT2D eigenvalue weighted by atomic mass is 32.2. The standard InChI is InChI=1S/C12H17N3O2S/c1-3-11(4-2)15-18(16,17)12-6-5-10(14)7-9(12)8-13/h5-7,11,15H,3-4,14H2,1-2H3. The average molecular weight is 267 g/mol. The summed E-state index contributed by atoms with van der Waals surface area (Å²) < 4.78 is 26.9. The van der Waals surface area contributed by atoms with Gasteiger partial charge in [0.15, 0.2) is 0 Å². The van der Waals surface area contributed by atoms with Crippen LogP contribution in [0.4, 0.5) is 5.69 Å². The third kappa shape index (κ3) is 3.22. The normalized spacial score (nSPS) is 11.4. The molecule has 1 aromatic carbocycles. The van der Waals surface area contributed by atoms with E-state index < -0.39 is 10.0 Å². The van der Waals surface area contributed by atoms with Gasteiger partial charge in [-0.1, -0.05) is 13.8 Å². The van der Waals surface area contributed by atoms with Crippen LogP contribution >= 0.6 is 0 Å². The number of rotatable bonds is 5. The Morgan fingerprint density at radius 3 is 2.50 bits per heavy atom. The van der Waals surface area contributed by atoms with E-state index in [2.05, 4.69) is 4.72 Å². The fraction of sp³-hybridized carbons (Fsp3) is 0.417. The molecule has 0 aliphatic heterocycles. The number of nitrogens with one attached hydrogen (secondary N) is 1. The first-order valence-electron chi connectivity index (χ1n) is 5.76. The number of sulfonamides is 1. The number of nitrogens with two attached hydrogens (primary N) is 1. The summed E-state index contributed by atoms with van der Waals surface area (Å²) in [5, 5.41) is 8.96. The monoisotopic (exact) mass is 267 g/mol. The molecule has 0 saturated carbocycles. The molecule has 0 radical (unpaired) electrons. The van der Waals surface area contributed by atoms with Crippen LogP contribution in [0.5, 0.6) is 0 Å². The minimum atomic E-state index is -3.67. The van der Waals surface area contributed by atoms with E-state index in [1.54, 1.807) is 0 Å². The Hall–Kier alpha value is -1.58. The molecule has 0 amide bonds. The zero-order chi connectivity index (χ0) is 13.8. The Labute approximate surface area is 108 Å². The molecule has 98 valence electrons. The molecule has 3 N–H and O–H groups in total. The smallest absolute Gasteiger partial charge is 0.242 e. The van der Waals surface area contributed by atoms with E-state index in [4.69, 9.17) is 11.0 Å². The van der Waals surface area contributed by atoms with Gasteiger partial charge in [0.25, 0.3) is 0 Å². The highest BCUT2D eigenvalue weighted by Crippen LogP contribution is 2.18. The van der Waals surface area contributed by atoms with Crippen molar-refractivity contribution >= 4 is 15.7 Å². The highest BCUT2D eigenvalue weighted by molar-refractivity contribution is 7.89. The summed E-state index contributed by atoms with van der Waals surface area (Å²) >= 11 is 0. The van der Waals surface area contributed by atoms with E-state index >= 15 is 0 Å². The lowest BCUT2D eigenvalue weighted by Gasteiger charge is -2.15. The molecular weight excluding hydrogens is 250 g/mol. The maximum atomic E-state index is 12.1. The number of anilines is 1. The summed E-state index contributed by atoms with van der Waals surface area (Å²) in [7, 11) is -3.67. The Kier molecular flexibility index (Phi) is 4.70. The van der Waals surface area contributed by atoms with Crippen molar-refractivity contribution in [3.63, 3.8) is 0 Å². The highest BCUT2D eigenvalue weighted by Gasteiger charge is 2.21. The fourth-order valence-corrected chi connectivity index (χ4v) is 3.15. The van der Waals surface area contributed by atoms with Crippen molar-refractivity contribution in [2.75, 3.05) is 5.73 Å². The van der Waals surface area contributed by atoms with Crippen LogP contribution in [-0.4, -0.2) is 14.5 Å². The number of nitriles is 1. The van der Waals surface area contributed by atoms with Gasteiger partial charge in [-0.15, -0.1) is 0 Å². The van der Waals surface area contributed by atoms with Crippen molar-refractivity contribution in [1.82, 2.24) is 4.72 Å². The Morgan fingerprint density at radius 1 is 1.39 bits per heavy atom. The Balaban J connectivity index is 3.17. The van der Waals surface area contributed by atoms with Crippen LogP contribution in [-0.2, 0) is 10.0 Å². The lowest BCUT2D eigenvalue weighted by Crippen LogP contribution is -2.34. The first-order chi connectivity index (χ1) is 8.44. The minimum Gasteiger partial charge on any atom is -0.399 e. The molecule has 0 bridgehead atoms. The lowest BCUT2D eigenvalue weighted by molar-refractivity contribution is 0.530. The van der Waals surface area contributed by atoms with Gasteiger partial charge in [0.05, 0.1) is 10.5 Å². The third-order valence-corrected chi connectivity index (χ3v) is 4.30. The maximum Gasteiger partial charge on any atom is 0.242 e. The summed E-state index contributed by atoms with van der Waals surface area (Å²) in [4.78, 5) is -0.0221. The van der Waals surface area contributed by atoms with Gasteiger partial charge in [0.2, 0.25) is 10.0 Å². The van der Waals surface area contributed by atoms with Crippen LogP contribution < -0.4 is 10.5 Å². The first kappa shape index (κ1) is 14.5. The number of benzene rings is 1. The van der Waals surface area contributed by atoms with E-state index in [1.807, 2.05) is 19.9 Å². The molecule has 1 aromatic rings. The van der Waals surface area contributed by atoms with Crippen molar-refractivity contribution in [3.8, 4) is 6.07 Å². The average Bonchev–Trinajstić information content (AvgIpc) is 2.35. The second-order valence-corrected chi connectivity index (χ2v) is 5.68. The fourth-order valence-electron chi connectivity index (χ4n) is 1.61. The van der Waals surface area contributed by atoms with Gasteiger partial charge in [0, 0.05) is 11.7 Å². The van der Waals surface area contributed by atoms with E-state index in [0.717, 1.165) is 0 Å². The molecule has 0 unspecified atom stereocenters. The SMILES string of the molecule is CCC(CC)NS(=O)(=O)c1ccc(N)cc1C#N. The van der Waals surface area contributed by atoms with Crippen LogP contribution in [0.15, 0.2) is 23.1 Å².